The smallest absolute Gasteiger partial charge is 0.254 e. The number of hydrogen-bond donors (Lipinski definition) is 1. The van der Waals surface area contributed by atoms with Crippen molar-refractivity contribution in [3.05, 3.63) is 46.5 Å². The number of fused-ring (bicyclic) bond motifs is 3. The molecule has 31 heavy (non-hydrogen) atoms. The molecule has 3 aliphatic rings. The van der Waals surface area contributed by atoms with Crippen LogP contribution in [0.5, 0.6) is 0 Å². The molecule has 5 rings (SSSR count). The van der Waals surface area contributed by atoms with Crippen molar-refractivity contribution in [2.24, 2.45) is 5.73 Å². The molecule has 3 heterocycles. The van der Waals surface area contributed by atoms with Gasteiger partial charge in [0.2, 0.25) is 5.91 Å². The van der Waals surface area contributed by atoms with Crippen molar-refractivity contribution in [3.8, 4) is 11.3 Å². The van der Waals surface area contributed by atoms with Crippen LogP contribution in [0.3, 0.4) is 0 Å². The van der Waals surface area contributed by atoms with Gasteiger partial charge in [0.25, 0.3) is 5.91 Å². The number of likely N-dealkylation sites (N-methyl/N-ethyl adjacent to an activating group) is 1. The fourth-order valence-corrected chi connectivity index (χ4v) is 4.62. The molecular formula is C23H27N5O3. The summed E-state index contributed by atoms with van der Waals surface area (Å²) in [6, 6.07) is 7.59. The third-order valence-electron chi connectivity index (χ3n) is 6.48. The minimum absolute atomic E-state index is 0.0169. The zero-order valence-electron chi connectivity index (χ0n) is 17.8. The van der Waals surface area contributed by atoms with Gasteiger partial charge in [-0.15, -0.1) is 0 Å². The summed E-state index contributed by atoms with van der Waals surface area (Å²) in [5.41, 5.74) is 10.6. The van der Waals surface area contributed by atoms with Crippen LogP contribution in [0.2, 0.25) is 0 Å². The predicted molar refractivity (Wildman–Crippen MR) is 117 cm³/mol. The highest BCUT2D eigenvalue weighted by atomic mass is 16.5. The third kappa shape index (κ3) is 3.66. The molecule has 1 aromatic heterocycles. The molecular weight excluding hydrogens is 394 g/mol. The Morgan fingerprint density at radius 2 is 1.77 bits per heavy atom. The number of nitrogens with two attached hydrogens (primary N) is 1. The van der Waals surface area contributed by atoms with Crippen LogP contribution in [0.15, 0.2) is 24.3 Å². The number of pyridine rings is 1. The van der Waals surface area contributed by atoms with Crippen LogP contribution in [-0.2, 0) is 11.2 Å². The zero-order valence-corrected chi connectivity index (χ0v) is 17.8. The van der Waals surface area contributed by atoms with E-state index in [1.807, 2.05) is 29.2 Å². The number of aromatic nitrogens is 1. The van der Waals surface area contributed by atoms with Gasteiger partial charge in [-0.2, -0.15) is 0 Å². The molecule has 0 radical (unpaired) electrons. The average Bonchev–Trinajstić information content (AvgIpc) is 3.16. The molecule has 2 aliphatic heterocycles. The molecule has 8 nitrogen and oxygen atoms in total. The number of morpholine rings is 1. The van der Waals surface area contributed by atoms with Gasteiger partial charge in [0.15, 0.2) is 0 Å². The Morgan fingerprint density at radius 3 is 2.48 bits per heavy atom. The number of rotatable bonds is 3. The number of hydrogen-bond acceptors (Lipinski definition) is 6. The number of carbonyl (C=O) groups is 2. The summed E-state index contributed by atoms with van der Waals surface area (Å²) in [4.78, 5) is 36.4. The SMILES string of the molecule is CN1CCN(c2cc(C(N)=O)c3c(n2)-c2ccc(C(=O)N4CCOCC4)cc2C3)CC1. The number of primary amides is 1. The normalized spacial score (nSPS) is 18.6. The van der Waals surface area contributed by atoms with Crippen molar-refractivity contribution in [1.82, 2.24) is 14.8 Å². The van der Waals surface area contributed by atoms with Gasteiger partial charge in [0, 0.05) is 62.4 Å². The number of carbonyl (C=O) groups excluding carboxylic acids is 2. The molecule has 1 aliphatic carbocycles. The van der Waals surface area contributed by atoms with E-state index < -0.39 is 5.91 Å². The van der Waals surface area contributed by atoms with E-state index >= 15 is 0 Å². The van der Waals surface area contributed by atoms with E-state index in [0.29, 0.717) is 43.9 Å². The monoisotopic (exact) mass is 421 g/mol. The molecule has 0 unspecified atom stereocenters. The van der Waals surface area contributed by atoms with Gasteiger partial charge >= 0.3 is 0 Å². The number of benzene rings is 1. The van der Waals surface area contributed by atoms with E-state index in [-0.39, 0.29) is 5.91 Å². The molecule has 0 spiro atoms. The van der Waals surface area contributed by atoms with Gasteiger partial charge < -0.3 is 25.2 Å². The highest BCUT2D eigenvalue weighted by molar-refractivity contribution is 5.99. The summed E-state index contributed by atoms with van der Waals surface area (Å²) in [5.74, 6) is 0.372. The summed E-state index contributed by atoms with van der Waals surface area (Å²) in [7, 11) is 2.11. The Morgan fingerprint density at radius 1 is 1.03 bits per heavy atom. The van der Waals surface area contributed by atoms with Crippen molar-refractivity contribution in [1.29, 1.82) is 0 Å². The molecule has 1 aromatic carbocycles. The minimum Gasteiger partial charge on any atom is -0.378 e. The highest BCUT2D eigenvalue weighted by Crippen LogP contribution is 2.39. The highest BCUT2D eigenvalue weighted by Gasteiger charge is 2.29. The van der Waals surface area contributed by atoms with Crippen LogP contribution in [0.1, 0.15) is 31.8 Å². The molecule has 2 fully saturated rings. The van der Waals surface area contributed by atoms with Crippen LogP contribution >= 0.6 is 0 Å². The molecule has 0 bridgehead atoms. The molecule has 162 valence electrons. The average molecular weight is 422 g/mol. The zero-order chi connectivity index (χ0) is 21.5. The maximum atomic E-state index is 12.9. The first-order valence-corrected chi connectivity index (χ1v) is 10.8. The summed E-state index contributed by atoms with van der Waals surface area (Å²) in [6.07, 6.45) is 0.559. The fourth-order valence-electron chi connectivity index (χ4n) is 4.62. The lowest BCUT2D eigenvalue weighted by atomic mass is 10.0. The van der Waals surface area contributed by atoms with Crippen LogP contribution in [0, 0.1) is 0 Å². The summed E-state index contributed by atoms with van der Waals surface area (Å²) >= 11 is 0. The Labute approximate surface area is 181 Å². The second-order valence-corrected chi connectivity index (χ2v) is 8.46. The number of ether oxygens (including phenoxy) is 1. The summed E-state index contributed by atoms with van der Waals surface area (Å²) in [5, 5.41) is 0. The fraction of sp³-hybridized carbons (Fsp3) is 0.435. The third-order valence-corrected chi connectivity index (χ3v) is 6.48. The van der Waals surface area contributed by atoms with Crippen LogP contribution in [-0.4, -0.2) is 86.1 Å². The quantitative estimate of drug-likeness (QED) is 0.678. The summed E-state index contributed by atoms with van der Waals surface area (Å²) in [6.45, 7) is 5.99. The van der Waals surface area contributed by atoms with Gasteiger partial charge in [-0.3, -0.25) is 9.59 Å². The lowest BCUT2D eigenvalue weighted by Gasteiger charge is -2.33. The Kier molecular flexibility index (Phi) is 5.11. The maximum Gasteiger partial charge on any atom is 0.254 e. The Hall–Kier alpha value is -2.97. The minimum atomic E-state index is -0.438. The summed E-state index contributed by atoms with van der Waals surface area (Å²) < 4.78 is 5.35. The molecule has 2 N–H and O–H groups in total. The van der Waals surface area contributed by atoms with E-state index in [1.54, 1.807) is 0 Å². The molecule has 0 saturated carbocycles. The number of nitrogens with zero attached hydrogens (tertiary/aromatic N) is 4. The van der Waals surface area contributed by atoms with Gasteiger partial charge in [-0.1, -0.05) is 6.07 Å². The number of anilines is 1. The molecule has 2 aromatic rings. The van der Waals surface area contributed by atoms with Crippen LogP contribution in [0.25, 0.3) is 11.3 Å². The number of piperazine rings is 1. The van der Waals surface area contributed by atoms with E-state index in [1.165, 1.54) is 0 Å². The van der Waals surface area contributed by atoms with E-state index in [2.05, 4.69) is 16.8 Å². The molecule has 2 amide bonds. The Bertz CT molecular complexity index is 1040. The lowest BCUT2D eigenvalue weighted by Crippen LogP contribution is -2.45. The van der Waals surface area contributed by atoms with Gasteiger partial charge in [-0.25, -0.2) is 4.98 Å². The van der Waals surface area contributed by atoms with Crippen molar-refractivity contribution in [2.75, 3.05) is 64.4 Å². The first kappa shape index (κ1) is 20.0. The Balaban J connectivity index is 1.49. The number of amides is 2. The van der Waals surface area contributed by atoms with Gasteiger partial charge in [0.05, 0.1) is 18.9 Å². The lowest BCUT2D eigenvalue weighted by molar-refractivity contribution is 0.0303. The second-order valence-electron chi connectivity index (χ2n) is 8.46. The molecule has 2 saturated heterocycles. The van der Waals surface area contributed by atoms with Crippen molar-refractivity contribution < 1.29 is 14.3 Å². The van der Waals surface area contributed by atoms with Crippen molar-refractivity contribution >= 4 is 17.6 Å². The van der Waals surface area contributed by atoms with Gasteiger partial charge in [-0.05, 0) is 36.4 Å². The first-order valence-electron chi connectivity index (χ1n) is 10.8. The van der Waals surface area contributed by atoms with Crippen molar-refractivity contribution in [3.63, 3.8) is 0 Å². The second kappa shape index (κ2) is 7.94. The van der Waals surface area contributed by atoms with E-state index in [9.17, 15) is 9.59 Å². The predicted octanol–water partition coefficient (Wildman–Crippen LogP) is 0.976. The van der Waals surface area contributed by atoms with Gasteiger partial charge in [0.1, 0.15) is 5.82 Å². The van der Waals surface area contributed by atoms with E-state index in [4.69, 9.17) is 15.5 Å². The maximum absolute atomic E-state index is 12.9. The standard InChI is InChI=1S/C23H27N5O3/c1-26-4-6-27(7-5-26)20-14-19(22(24)29)18-13-16-12-15(2-3-17(16)21(18)25-20)23(30)28-8-10-31-11-9-28/h2-3,12,14H,4-11,13H2,1H3,(H2,24,29). The van der Waals surface area contributed by atoms with Crippen LogP contribution < -0.4 is 10.6 Å². The van der Waals surface area contributed by atoms with Crippen molar-refractivity contribution in [2.45, 2.75) is 6.42 Å². The van der Waals surface area contributed by atoms with E-state index in [0.717, 1.165) is 54.4 Å². The molecule has 8 heteroatoms. The van der Waals surface area contributed by atoms with Crippen LogP contribution in [0.4, 0.5) is 5.82 Å². The largest absolute Gasteiger partial charge is 0.378 e. The molecule has 0 atom stereocenters. The topological polar surface area (TPSA) is 92.0 Å². The first-order chi connectivity index (χ1) is 15.0.